The number of hydrogen-bond acceptors (Lipinski definition) is 4. The Morgan fingerprint density at radius 2 is 2.33 bits per heavy atom. The summed E-state index contributed by atoms with van der Waals surface area (Å²) < 4.78 is 0. The van der Waals surface area contributed by atoms with Crippen LogP contribution in [-0.2, 0) is 11.3 Å². The molecule has 1 aromatic heterocycles. The molecule has 0 saturated carbocycles. The van der Waals surface area contributed by atoms with E-state index in [9.17, 15) is 14.4 Å². The van der Waals surface area contributed by atoms with Gasteiger partial charge in [-0.15, -0.1) is 0 Å². The van der Waals surface area contributed by atoms with Crippen LogP contribution in [-0.4, -0.2) is 40.1 Å². The number of likely N-dealkylation sites (tertiary alicyclic amines) is 1. The molecule has 0 aliphatic carbocycles. The van der Waals surface area contributed by atoms with E-state index in [1.54, 1.807) is 10.3 Å². The highest BCUT2D eigenvalue weighted by Crippen LogP contribution is 2.21. The Labute approximate surface area is 126 Å². The number of amides is 2. The largest absolute Gasteiger partial charge is 0.481 e. The highest BCUT2D eigenvalue weighted by atomic mass is 32.1. The van der Waals surface area contributed by atoms with Crippen LogP contribution in [0.2, 0.25) is 0 Å². The van der Waals surface area contributed by atoms with Crippen molar-refractivity contribution in [2.24, 2.45) is 5.92 Å². The zero-order valence-corrected chi connectivity index (χ0v) is 12.4. The second-order valence-electron chi connectivity index (χ2n) is 5.22. The van der Waals surface area contributed by atoms with Crippen LogP contribution in [0.1, 0.15) is 31.4 Å². The van der Waals surface area contributed by atoms with E-state index < -0.39 is 5.97 Å². The van der Waals surface area contributed by atoms with Crippen LogP contribution in [0.15, 0.2) is 10.2 Å². The van der Waals surface area contributed by atoms with E-state index in [2.05, 4.69) is 10.3 Å². The standard InChI is InChI=1S/C13H19N3O4S/c17-11(18)4-3-9-2-1-5-16(7-9)12(19)14-6-10-8-21-13(20)15-10/h8-9H,1-7H2,(H,14,19)(H,15,20)(H,17,18). The first-order valence-corrected chi connectivity index (χ1v) is 7.84. The molecule has 2 rings (SSSR count). The third-order valence-corrected chi connectivity index (χ3v) is 4.29. The number of hydrogen-bond donors (Lipinski definition) is 3. The van der Waals surface area contributed by atoms with Crippen LogP contribution in [0.3, 0.4) is 0 Å². The molecule has 1 aliphatic rings. The summed E-state index contributed by atoms with van der Waals surface area (Å²) in [5.41, 5.74) is 0.692. The molecule has 116 valence electrons. The van der Waals surface area contributed by atoms with Crippen LogP contribution in [0.25, 0.3) is 0 Å². The van der Waals surface area contributed by atoms with Crippen molar-refractivity contribution in [3.8, 4) is 0 Å². The lowest BCUT2D eigenvalue weighted by molar-refractivity contribution is -0.137. The smallest absolute Gasteiger partial charge is 0.317 e. The van der Waals surface area contributed by atoms with Crippen molar-refractivity contribution in [2.45, 2.75) is 32.2 Å². The Bertz CT molecular complexity index is 554. The molecule has 8 heteroatoms. The zero-order valence-electron chi connectivity index (χ0n) is 11.6. The van der Waals surface area contributed by atoms with Crippen molar-refractivity contribution in [2.75, 3.05) is 13.1 Å². The number of piperidine rings is 1. The number of aromatic nitrogens is 1. The first kappa shape index (κ1) is 15.6. The molecule has 0 radical (unpaired) electrons. The van der Waals surface area contributed by atoms with Crippen LogP contribution in [0, 0.1) is 5.92 Å². The predicted molar refractivity (Wildman–Crippen MR) is 78.3 cm³/mol. The van der Waals surface area contributed by atoms with Gasteiger partial charge in [0.05, 0.1) is 6.54 Å². The number of aliphatic carboxylic acids is 1. The number of carbonyl (C=O) groups excluding carboxylic acids is 1. The Balaban J connectivity index is 1.78. The molecule has 21 heavy (non-hydrogen) atoms. The quantitative estimate of drug-likeness (QED) is 0.760. The topological polar surface area (TPSA) is 102 Å². The molecule has 0 bridgehead atoms. The summed E-state index contributed by atoms with van der Waals surface area (Å²) >= 11 is 1.07. The van der Waals surface area contributed by atoms with Gasteiger partial charge in [-0.05, 0) is 25.2 Å². The van der Waals surface area contributed by atoms with Gasteiger partial charge < -0.3 is 20.3 Å². The summed E-state index contributed by atoms with van der Waals surface area (Å²) in [6.07, 6.45) is 2.62. The lowest BCUT2D eigenvalue weighted by atomic mass is 9.93. The van der Waals surface area contributed by atoms with Gasteiger partial charge in [-0.1, -0.05) is 11.3 Å². The van der Waals surface area contributed by atoms with Crippen molar-refractivity contribution >= 4 is 23.3 Å². The summed E-state index contributed by atoms with van der Waals surface area (Å²) in [4.78, 5) is 37.9. The van der Waals surface area contributed by atoms with Gasteiger partial charge in [0, 0.05) is 30.6 Å². The molecule has 2 amide bonds. The minimum absolute atomic E-state index is 0.133. The minimum atomic E-state index is -0.794. The Morgan fingerprint density at radius 1 is 1.52 bits per heavy atom. The van der Waals surface area contributed by atoms with E-state index in [4.69, 9.17) is 5.11 Å². The number of nitrogens with one attached hydrogen (secondary N) is 2. The second-order valence-corrected chi connectivity index (χ2v) is 6.06. The van der Waals surface area contributed by atoms with E-state index in [-0.39, 0.29) is 23.2 Å². The fourth-order valence-electron chi connectivity index (χ4n) is 2.50. The third-order valence-electron chi connectivity index (χ3n) is 3.57. The molecule has 1 saturated heterocycles. The first-order valence-electron chi connectivity index (χ1n) is 6.96. The lowest BCUT2D eigenvalue weighted by Crippen LogP contribution is -2.45. The Morgan fingerprint density at radius 3 is 3.00 bits per heavy atom. The Hall–Kier alpha value is -1.83. The second kappa shape index (κ2) is 7.26. The molecule has 1 fully saturated rings. The number of rotatable bonds is 5. The number of aromatic amines is 1. The van der Waals surface area contributed by atoms with Gasteiger partial charge in [0.2, 0.25) is 0 Å². The fourth-order valence-corrected chi connectivity index (χ4v) is 3.08. The van der Waals surface area contributed by atoms with Gasteiger partial charge in [0.15, 0.2) is 0 Å². The number of thiazole rings is 1. The highest BCUT2D eigenvalue weighted by Gasteiger charge is 2.23. The number of carboxylic acid groups (broad SMARTS) is 1. The number of urea groups is 1. The third kappa shape index (κ3) is 4.89. The molecule has 1 atom stereocenters. The van der Waals surface area contributed by atoms with E-state index in [0.29, 0.717) is 31.7 Å². The fraction of sp³-hybridized carbons (Fsp3) is 0.615. The molecule has 7 nitrogen and oxygen atoms in total. The van der Waals surface area contributed by atoms with Gasteiger partial charge >= 0.3 is 16.9 Å². The molecule has 1 aliphatic heterocycles. The number of nitrogens with zero attached hydrogens (tertiary/aromatic N) is 1. The van der Waals surface area contributed by atoms with Crippen molar-refractivity contribution in [1.82, 2.24) is 15.2 Å². The normalized spacial score (nSPS) is 18.5. The van der Waals surface area contributed by atoms with E-state index >= 15 is 0 Å². The van der Waals surface area contributed by atoms with Crippen LogP contribution < -0.4 is 10.2 Å². The minimum Gasteiger partial charge on any atom is -0.481 e. The molecule has 1 aromatic rings. The van der Waals surface area contributed by atoms with E-state index in [1.165, 1.54) is 0 Å². The maximum absolute atomic E-state index is 12.1. The average Bonchev–Trinajstić information content (AvgIpc) is 2.88. The van der Waals surface area contributed by atoms with Crippen molar-refractivity contribution < 1.29 is 14.7 Å². The van der Waals surface area contributed by atoms with Gasteiger partial charge in [-0.3, -0.25) is 9.59 Å². The first-order chi connectivity index (χ1) is 10.0. The SMILES string of the molecule is O=C(O)CCC1CCCN(C(=O)NCc2csc(=O)[nH]2)C1. The summed E-state index contributed by atoms with van der Waals surface area (Å²) in [6.45, 7) is 1.59. The molecular formula is C13H19N3O4S. The van der Waals surface area contributed by atoms with Crippen LogP contribution in [0.5, 0.6) is 0 Å². The van der Waals surface area contributed by atoms with Gasteiger partial charge in [0.1, 0.15) is 0 Å². The van der Waals surface area contributed by atoms with E-state index in [1.807, 2.05) is 0 Å². The van der Waals surface area contributed by atoms with E-state index in [0.717, 1.165) is 24.2 Å². The van der Waals surface area contributed by atoms with Crippen LogP contribution >= 0.6 is 11.3 Å². The van der Waals surface area contributed by atoms with Crippen LogP contribution in [0.4, 0.5) is 4.79 Å². The average molecular weight is 313 g/mol. The molecule has 0 aromatic carbocycles. The van der Waals surface area contributed by atoms with Gasteiger partial charge in [0.25, 0.3) is 0 Å². The summed E-state index contributed by atoms with van der Waals surface area (Å²) in [6, 6.07) is -0.165. The molecule has 0 spiro atoms. The highest BCUT2D eigenvalue weighted by molar-refractivity contribution is 7.07. The predicted octanol–water partition coefficient (Wildman–Crippen LogP) is 1.22. The van der Waals surface area contributed by atoms with Crippen molar-refractivity contribution in [3.05, 3.63) is 20.7 Å². The number of carbonyl (C=O) groups is 2. The summed E-state index contributed by atoms with van der Waals surface area (Å²) in [5.74, 6) is -0.542. The zero-order chi connectivity index (χ0) is 15.2. The monoisotopic (exact) mass is 313 g/mol. The molecule has 1 unspecified atom stereocenters. The Kier molecular flexibility index (Phi) is 5.38. The lowest BCUT2D eigenvalue weighted by Gasteiger charge is -2.32. The van der Waals surface area contributed by atoms with Crippen molar-refractivity contribution in [1.29, 1.82) is 0 Å². The maximum Gasteiger partial charge on any atom is 0.317 e. The van der Waals surface area contributed by atoms with Gasteiger partial charge in [-0.2, -0.15) is 0 Å². The number of H-pyrrole nitrogens is 1. The summed E-state index contributed by atoms with van der Waals surface area (Å²) in [5, 5.41) is 13.2. The summed E-state index contributed by atoms with van der Waals surface area (Å²) in [7, 11) is 0. The molecule has 2 heterocycles. The molecular weight excluding hydrogens is 294 g/mol. The number of carboxylic acids is 1. The van der Waals surface area contributed by atoms with Crippen molar-refractivity contribution in [3.63, 3.8) is 0 Å². The van der Waals surface area contributed by atoms with Gasteiger partial charge in [-0.25, -0.2) is 4.79 Å². The maximum atomic E-state index is 12.1. The molecule has 3 N–H and O–H groups in total.